The van der Waals surface area contributed by atoms with Gasteiger partial charge in [-0.05, 0) is 84.9 Å². The van der Waals surface area contributed by atoms with E-state index in [1.165, 1.54) is 34.3 Å². The van der Waals surface area contributed by atoms with Gasteiger partial charge in [0.2, 0.25) is 0 Å². The second kappa shape index (κ2) is 6.84. The minimum Gasteiger partial charge on any atom is -0.490 e. The standard InChI is InChI=1S/C17H20BrNOS/c1-12(16-10-11-17(18)21-16)19-13-6-8-15(9-7-13)20-14-4-2-3-5-14/h6-12,14,19H,2-5H2,1H3. The van der Waals surface area contributed by atoms with E-state index < -0.39 is 0 Å². The van der Waals surface area contributed by atoms with Crippen LogP contribution in [-0.2, 0) is 0 Å². The fraction of sp³-hybridized carbons (Fsp3) is 0.412. The van der Waals surface area contributed by atoms with Crippen LogP contribution in [0.15, 0.2) is 40.2 Å². The van der Waals surface area contributed by atoms with Crippen molar-refractivity contribution >= 4 is 33.0 Å². The number of hydrogen-bond donors (Lipinski definition) is 1. The molecule has 1 fully saturated rings. The summed E-state index contributed by atoms with van der Waals surface area (Å²) >= 11 is 5.28. The molecule has 2 aromatic rings. The van der Waals surface area contributed by atoms with Gasteiger partial charge in [-0.3, -0.25) is 0 Å². The topological polar surface area (TPSA) is 21.3 Å². The molecule has 2 nitrogen and oxygen atoms in total. The molecular weight excluding hydrogens is 346 g/mol. The van der Waals surface area contributed by atoms with E-state index in [1.807, 2.05) is 0 Å². The van der Waals surface area contributed by atoms with E-state index in [0.717, 1.165) is 11.4 Å². The summed E-state index contributed by atoms with van der Waals surface area (Å²) in [6.45, 7) is 2.18. The second-order valence-corrected chi connectivity index (χ2v) is 8.05. The molecule has 1 atom stereocenters. The summed E-state index contributed by atoms with van der Waals surface area (Å²) in [7, 11) is 0. The zero-order valence-electron chi connectivity index (χ0n) is 12.1. The van der Waals surface area contributed by atoms with Crippen molar-refractivity contribution in [2.75, 3.05) is 5.32 Å². The highest BCUT2D eigenvalue weighted by atomic mass is 79.9. The van der Waals surface area contributed by atoms with Gasteiger partial charge in [0.15, 0.2) is 0 Å². The molecule has 0 aliphatic heterocycles. The number of hydrogen-bond acceptors (Lipinski definition) is 3. The van der Waals surface area contributed by atoms with Crippen LogP contribution in [0.1, 0.15) is 43.5 Å². The first kappa shape index (κ1) is 14.9. The van der Waals surface area contributed by atoms with Crippen LogP contribution in [0.4, 0.5) is 5.69 Å². The summed E-state index contributed by atoms with van der Waals surface area (Å²) in [5.41, 5.74) is 1.13. The molecule has 1 saturated carbocycles. The predicted molar refractivity (Wildman–Crippen MR) is 93.4 cm³/mol. The summed E-state index contributed by atoms with van der Waals surface area (Å²) in [5.74, 6) is 0.985. The van der Waals surface area contributed by atoms with Crippen LogP contribution in [0.2, 0.25) is 0 Å². The van der Waals surface area contributed by atoms with Crippen LogP contribution in [0.3, 0.4) is 0 Å². The molecule has 4 heteroatoms. The van der Waals surface area contributed by atoms with Gasteiger partial charge in [0.1, 0.15) is 5.75 Å². The summed E-state index contributed by atoms with van der Waals surface area (Å²) in [6, 6.07) is 12.9. The van der Waals surface area contributed by atoms with E-state index in [9.17, 15) is 0 Å². The lowest BCUT2D eigenvalue weighted by Gasteiger charge is -2.16. The number of nitrogens with one attached hydrogen (secondary N) is 1. The third kappa shape index (κ3) is 4.01. The van der Waals surface area contributed by atoms with Crippen LogP contribution in [0.5, 0.6) is 5.75 Å². The van der Waals surface area contributed by atoms with Crippen molar-refractivity contribution in [2.45, 2.75) is 44.8 Å². The summed E-state index contributed by atoms with van der Waals surface area (Å²) < 4.78 is 7.16. The Kier molecular flexibility index (Phi) is 4.86. The van der Waals surface area contributed by atoms with Crippen molar-refractivity contribution in [3.05, 3.63) is 45.1 Å². The zero-order chi connectivity index (χ0) is 14.7. The molecule has 1 aromatic carbocycles. The molecule has 1 unspecified atom stereocenters. The molecule has 0 radical (unpaired) electrons. The molecule has 21 heavy (non-hydrogen) atoms. The van der Waals surface area contributed by atoms with Gasteiger partial charge in [-0.1, -0.05) is 0 Å². The number of halogens is 1. The molecule has 1 heterocycles. The summed E-state index contributed by atoms with van der Waals surface area (Å²) in [4.78, 5) is 1.33. The lowest BCUT2D eigenvalue weighted by atomic mass is 10.2. The molecule has 1 aliphatic rings. The zero-order valence-corrected chi connectivity index (χ0v) is 14.5. The van der Waals surface area contributed by atoms with E-state index in [0.29, 0.717) is 12.1 Å². The number of benzene rings is 1. The molecule has 1 N–H and O–H groups in total. The van der Waals surface area contributed by atoms with Crippen LogP contribution in [0.25, 0.3) is 0 Å². The third-order valence-electron chi connectivity index (χ3n) is 3.86. The molecule has 1 aliphatic carbocycles. The van der Waals surface area contributed by atoms with Gasteiger partial charge in [-0.2, -0.15) is 0 Å². The van der Waals surface area contributed by atoms with E-state index in [2.05, 4.69) is 64.6 Å². The second-order valence-electron chi connectivity index (χ2n) is 5.56. The number of rotatable bonds is 5. The van der Waals surface area contributed by atoms with E-state index in [-0.39, 0.29) is 0 Å². The normalized spacial score (nSPS) is 16.9. The van der Waals surface area contributed by atoms with Gasteiger partial charge in [0, 0.05) is 10.6 Å². The largest absolute Gasteiger partial charge is 0.490 e. The first-order chi connectivity index (χ1) is 10.2. The lowest BCUT2D eigenvalue weighted by molar-refractivity contribution is 0.210. The fourth-order valence-corrected chi connectivity index (χ4v) is 4.14. The molecule has 1 aromatic heterocycles. The molecule has 112 valence electrons. The highest BCUT2D eigenvalue weighted by Gasteiger charge is 2.16. The van der Waals surface area contributed by atoms with Gasteiger partial charge in [-0.25, -0.2) is 0 Å². The van der Waals surface area contributed by atoms with Gasteiger partial charge in [-0.15, -0.1) is 11.3 Å². The van der Waals surface area contributed by atoms with Crippen LogP contribution >= 0.6 is 27.3 Å². The van der Waals surface area contributed by atoms with Gasteiger partial charge >= 0.3 is 0 Å². The molecule has 0 bridgehead atoms. The van der Waals surface area contributed by atoms with Crippen LogP contribution in [-0.4, -0.2) is 6.10 Å². The first-order valence-electron chi connectivity index (χ1n) is 7.49. The Morgan fingerprint density at radius 1 is 1.14 bits per heavy atom. The van der Waals surface area contributed by atoms with E-state index >= 15 is 0 Å². The minimum atomic E-state index is 0.308. The molecule has 3 rings (SSSR count). The summed E-state index contributed by atoms with van der Waals surface area (Å²) in [5, 5.41) is 3.53. The van der Waals surface area contributed by atoms with Gasteiger partial charge in [0.25, 0.3) is 0 Å². The molecular formula is C17H20BrNOS. The van der Waals surface area contributed by atoms with Gasteiger partial charge < -0.3 is 10.1 Å². The Morgan fingerprint density at radius 3 is 2.48 bits per heavy atom. The van der Waals surface area contributed by atoms with Gasteiger partial charge in [0.05, 0.1) is 15.9 Å². The first-order valence-corrected chi connectivity index (χ1v) is 9.10. The van der Waals surface area contributed by atoms with Crippen molar-refractivity contribution in [3.8, 4) is 5.75 Å². The maximum Gasteiger partial charge on any atom is 0.119 e. The Labute approximate surface area is 138 Å². The minimum absolute atomic E-state index is 0.308. The fourth-order valence-electron chi connectivity index (χ4n) is 2.71. The van der Waals surface area contributed by atoms with E-state index in [1.54, 1.807) is 11.3 Å². The van der Waals surface area contributed by atoms with Crippen molar-refractivity contribution in [1.29, 1.82) is 0 Å². The Morgan fingerprint density at radius 2 is 1.86 bits per heavy atom. The maximum atomic E-state index is 5.99. The quantitative estimate of drug-likeness (QED) is 0.700. The smallest absolute Gasteiger partial charge is 0.119 e. The average molecular weight is 366 g/mol. The number of anilines is 1. The predicted octanol–water partition coefficient (Wildman–Crippen LogP) is 6.01. The SMILES string of the molecule is CC(Nc1ccc(OC2CCCC2)cc1)c1ccc(Br)s1. The van der Waals surface area contributed by atoms with Crippen molar-refractivity contribution in [1.82, 2.24) is 0 Å². The highest BCUT2D eigenvalue weighted by molar-refractivity contribution is 9.11. The van der Waals surface area contributed by atoms with Crippen molar-refractivity contribution < 1.29 is 4.74 Å². The van der Waals surface area contributed by atoms with E-state index in [4.69, 9.17) is 4.74 Å². The highest BCUT2D eigenvalue weighted by Crippen LogP contribution is 2.30. The molecule has 0 spiro atoms. The Hall–Kier alpha value is -1.000. The summed E-state index contributed by atoms with van der Waals surface area (Å²) in [6.07, 6.45) is 5.43. The Balaban J connectivity index is 1.58. The van der Waals surface area contributed by atoms with Crippen molar-refractivity contribution in [2.24, 2.45) is 0 Å². The number of thiophene rings is 1. The average Bonchev–Trinajstić information content (AvgIpc) is 3.12. The van der Waals surface area contributed by atoms with Crippen LogP contribution in [0, 0.1) is 0 Å². The van der Waals surface area contributed by atoms with Crippen LogP contribution < -0.4 is 10.1 Å². The van der Waals surface area contributed by atoms with Crippen molar-refractivity contribution in [3.63, 3.8) is 0 Å². The molecule has 0 saturated heterocycles. The maximum absolute atomic E-state index is 5.99. The monoisotopic (exact) mass is 365 g/mol. The third-order valence-corrected chi connectivity index (χ3v) is 5.67. The number of ether oxygens (including phenoxy) is 1. The Bertz CT molecular complexity index is 575. The lowest BCUT2D eigenvalue weighted by Crippen LogP contribution is -2.10. The molecule has 0 amide bonds.